The maximum absolute atomic E-state index is 5.80. The van der Waals surface area contributed by atoms with Crippen molar-refractivity contribution in [3.8, 4) is 5.75 Å². The summed E-state index contributed by atoms with van der Waals surface area (Å²) in [6.07, 6.45) is 0.184. The van der Waals surface area contributed by atoms with Crippen LogP contribution in [0.15, 0.2) is 24.3 Å². The van der Waals surface area contributed by atoms with Crippen molar-refractivity contribution in [3.63, 3.8) is 0 Å². The molecule has 0 amide bonds. The Bertz CT molecular complexity index is 340. The van der Waals surface area contributed by atoms with E-state index < -0.39 is 0 Å². The summed E-state index contributed by atoms with van der Waals surface area (Å²) in [5.74, 6) is 0.898. The number of hydrogen-bond acceptors (Lipinski definition) is 3. The van der Waals surface area contributed by atoms with Crippen molar-refractivity contribution < 1.29 is 9.47 Å². The molecule has 1 aromatic carbocycles. The smallest absolute Gasteiger partial charge is 0.119 e. The largest absolute Gasteiger partial charge is 0.497 e. The summed E-state index contributed by atoms with van der Waals surface area (Å²) in [5.41, 5.74) is 1.21. The van der Waals surface area contributed by atoms with Gasteiger partial charge in [-0.15, -0.1) is 0 Å². The van der Waals surface area contributed by atoms with Gasteiger partial charge in [-0.2, -0.15) is 0 Å². The average Bonchev–Trinajstić information content (AvgIpc) is 2.39. The van der Waals surface area contributed by atoms with E-state index in [2.05, 4.69) is 24.0 Å². The first-order chi connectivity index (χ1) is 7.83. The molecule has 1 atom stereocenters. The molecule has 0 radical (unpaired) electrons. The zero-order valence-electron chi connectivity index (χ0n) is 9.98. The molecule has 1 heterocycles. The first-order valence-corrected chi connectivity index (χ1v) is 5.81. The third-order valence-electron chi connectivity index (χ3n) is 3.06. The molecule has 1 aromatic rings. The van der Waals surface area contributed by atoms with Gasteiger partial charge >= 0.3 is 0 Å². The maximum Gasteiger partial charge on any atom is 0.119 e. The summed E-state index contributed by atoms with van der Waals surface area (Å²) >= 11 is 0. The molecule has 0 N–H and O–H groups in total. The van der Waals surface area contributed by atoms with Crippen LogP contribution < -0.4 is 4.74 Å². The monoisotopic (exact) mass is 221 g/mol. The lowest BCUT2D eigenvalue weighted by Crippen LogP contribution is -2.38. The van der Waals surface area contributed by atoms with Crippen LogP contribution in [0, 0.1) is 0 Å². The molecule has 88 valence electrons. The average molecular weight is 221 g/mol. The molecule has 0 aliphatic carbocycles. The molecule has 1 fully saturated rings. The Morgan fingerprint density at radius 1 is 1.50 bits per heavy atom. The van der Waals surface area contributed by atoms with E-state index in [1.807, 2.05) is 12.1 Å². The molecule has 3 heteroatoms. The normalized spacial score (nSPS) is 22.0. The molecule has 1 aliphatic rings. The van der Waals surface area contributed by atoms with Crippen molar-refractivity contribution in [1.29, 1.82) is 0 Å². The van der Waals surface area contributed by atoms with Gasteiger partial charge in [-0.3, -0.25) is 4.90 Å². The van der Waals surface area contributed by atoms with Crippen molar-refractivity contribution in [3.05, 3.63) is 29.8 Å². The van der Waals surface area contributed by atoms with Crippen molar-refractivity contribution in [2.75, 3.05) is 33.4 Å². The van der Waals surface area contributed by atoms with Gasteiger partial charge in [0.15, 0.2) is 0 Å². The summed E-state index contributed by atoms with van der Waals surface area (Å²) in [4.78, 5) is 2.41. The second kappa shape index (κ2) is 5.32. The zero-order chi connectivity index (χ0) is 11.4. The number of nitrogens with zero attached hydrogens (tertiary/aromatic N) is 1. The fraction of sp³-hybridized carbons (Fsp3) is 0.538. The third-order valence-corrected chi connectivity index (χ3v) is 3.06. The van der Waals surface area contributed by atoms with Crippen LogP contribution in [0.4, 0.5) is 0 Å². The summed E-state index contributed by atoms with van der Waals surface area (Å²) in [6.45, 7) is 6.11. The molecule has 1 aliphatic heterocycles. The molecule has 0 saturated carbocycles. The second-order valence-electron chi connectivity index (χ2n) is 4.03. The summed E-state index contributed by atoms with van der Waals surface area (Å²) < 4.78 is 11.0. The van der Waals surface area contributed by atoms with Crippen LogP contribution in [0.25, 0.3) is 0 Å². The van der Waals surface area contributed by atoms with E-state index in [1.54, 1.807) is 7.11 Å². The van der Waals surface area contributed by atoms with Gasteiger partial charge in [-0.05, 0) is 24.2 Å². The van der Waals surface area contributed by atoms with Crippen LogP contribution in [0.1, 0.15) is 18.6 Å². The number of ether oxygens (including phenoxy) is 2. The minimum Gasteiger partial charge on any atom is -0.497 e. The molecular formula is C13H19NO2. The Morgan fingerprint density at radius 2 is 2.38 bits per heavy atom. The molecule has 3 nitrogen and oxygen atoms in total. The number of morpholine rings is 1. The van der Waals surface area contributed by atoms with Crippen molar-refractivity contribution in [2.45, 2.75) is 13.0 Å². The quantitative estimate of drug-likeness (QED) is 0.780. The minimum absolute atomic E-state index is 0.184. The van der Waals surface area contributed by atoms with Crippen molar-refractivity contribution in [1.82, 2.24) is 4.90 Å². The van der Waals surface area contributed by atoms with Gasteiger partial charge in [0, 0.05) is 13.1 Å². The van der Waals surface area contributed by atoms with Gasteiger partial charge in [0.1, 0.15) is 5.75 Å². The van der Waals surface area contributed by atoms with Crippen LogP contribution in [0.5, 0.6) is 5.75 Å². The second-order valence-corrected chi connectivity index (χ2v) is 4.03. The van der Waals surface area contributed by atoms with Crippen LogP contribution >= 0.6 is 0 Å². The number of benzene rings is 1. The summed E-state index contributed by atoms with van der Waals surface area (Å²) in [6, 6.07) is 8.14. The summed E-state index contributed by atoms with van der Waals surface area (Å²) in [5, 5.41) is 0. The fourth-order valence-corrected chi connectivity index (χ4v) is 2.03. The fourth-order valence-electron chi connectivity index (χ4n) is 2.03. The van der Waals surface area contributed by atoms with Crippen LogP contribution in [-0.4, -0.2) is 38.3 Å². The predicted octanol–water partition coefficient (Wildman–Crippen LogP) is 2.09. The Morgan fingerprint density at radius 3 is 3.12 bits per heavy atom. The van der Waals surface area contributed by atoms with E-state index in [9.17, 15) is 0 Å². The number of methoxy groups -OCH3 is 1. The first kappa shape index (κ1) is 11.4. The lowest BCUT2D eigenvalue weighted by atomic mass is 10.1. The molecule has 0 aromatic heterocycles. The maximum atomic E-state index is 5.80. The Hall–Kier alpha value is -1.06. The van der Waals surface area contributed by atoms with E-state index in [1.165, 1.54) is 5.56 Å². The number of rotatable bonds is 3. The molecule has 0 spiro atoms. The molecule has 16 heavy (non-hydrogen) atoms. The highest BCUT2D eigenvalue weighted by Gasteiger charge is 2.20. The highest BCUT2D eigenvalue weighted by molar-refractivity contribution is 5.30. The highest BCUT2D eigenvalue weighted by Crippen LogP contribution is 2.25. The van der Waals surface area contributed by atoms with E-state index in [4.69, 9.17) is 9.47 Å². The number of likely N-dealkylation sites (N-methyl/N-ethyl adjacent to an activating group) is 1. The topological polar surface area (TPSA) is 21.7 Å². The van der Waals surface area contributed by atoms with E-state index in [0.29, 0.717) is 0 Å². The van der Waals surface area contributed by atoms with Crippen molar-refractivity contribution in [2.24, 2.45) is 0 Å². The van der Waals surface area contributed by atoms with Crippen LogP contribution in [0.3, 0.4) is 0 Å². The minimum atomic E-state index is 0.184. The van der Waals surface area contributed by atoms with Gasteiger partial charge in [0.05, 0.1) is 19.8 Å². The molecular weight excluding hydrogens is 202 g/mol. The van der Waals surface area contributed by atoms with Gasteiger partial charge in [-0.25, -0.2) is 0 Å². The van der Waals surface area contributed by atoms with Gasteiger partial charge in [0.2, 0.25) is 0 Å². The van der Waals surface area contributed by atoms with E-state index >= 15 is 0 Å². The first-order valence-electron chi connectivity index (χ1n) is 5.81. The van der Waals surface area contributed by atoms with E-state index in [0.717, 1.165) is 32.0 Å². The Labute approximate surface area is 97.0 Å². The highest BCUT2D eigenvalue weighted by atomic mass is 16.5. The lowest BCUT2D eigenvalue weighted by molar-refractivity contribution is -0.0282. The molecule has 1 saturated heterocycles. The van der Waals surface area contributed by atoms with Gasteiger partial charge < -0.3 is 9.47 Å². The molecule has 2 rings (SSSR count). The lowest BCUT2D eigenvalue weighted by Gasteiger charge is -2.32. The Kier molecular flexibility index (Phi) is 3.80. The van der Waals surface area contributed by atoms with Crippen LogP contribution in [-0.2, 0) is 4.74 Å². The van der Waals surface area contributed by atoms with E-state index in [-0.39, 0.29) is 6.10 Å². The standard InChI is InChI=1S/C13H19NO2/c1-3-14-7-8-16-13(10-14)11-5-4-6-12(9-11)15-2/h4-6,9,13H,3,7-8,10H2,1-2H3. The van der Waals surface area contributed by atoms with Gasteiger partial charge in [0.25, 0.3) is 0 Å². The van der Waals surface area contributed by atoms with Gasteiger partial charge in [-0.1, -0.05) is 19.1 Å². The molecule has 1 unspecified atom stereocenters. The molecule has 0 bridgehead atoms. The summed E-state index contributed by atoms with van der Waals surface area (Å²) in [7, 11) is 1.69. The SMILES string of the molecule is CCN1CCOC(c2cccc(OC)c2)C1. The zero-order valence-corrected chi connectivity index (χ0v) is 9.98. The number of hydrogen-bond donors (Lipinski definition) is 0. The third kappa shape index (κ3) is 2.54. The van der Waals surface area contributed by atoms with Crippen molar-refractivity contribution >= 4 is 0 Å². The Balaban J connectivity index is 2.10. The van der Waals surface area contributed by atoms with Crippen LogP contribution in [0.2, 0.25) is 0 Å². The predicted molar refractivity (Wildman–Crippen MR) is 63.8 cm³/mol.